The molecule has 0 amide bonds. The van der Waals surface area contributed by atoms with Gasteiger partial charge in [0.2, 0.25) is 10.0 Å². The maximum Gasteiger partial charge on any atom is 0.211 e. The standard InChI is InChI=1S/C17H24N2O3S/c1-13-15(16-6-2-3-7-17(16)19-13)8-10-18-23(20,21)12-9-14-5-4-11-22-14/h2-3,6-7,14,18-19H,4-5,8-12H2,1H3/t14-/m1/s1. The van der Waals surface area contributed by atoms with E-state index in [0.717, 1.165) is 30.7 Å². The number of fused-ring (bicyclic) bond motifs is 1. The molecule has 0 unspecified atom stereocenters. The molecule has 1 aliphatic rings. The Morgan fingerprint density at radius 3 is 2.96 bits per heavy atom. The summed E-state index contributed by atoms with van der Waals surface area (Å²) in [5.74, 6) is 0.143. The van der Waals surface area contributed by atoms with Crippen LogP contribution in [0.15, 0.2) is 24.3 Å². The van der Waals surface area contributed by atoms with Crippen LogP contribution in [0.3, 0.4) is 0 Å². The molecule has 0 saturated carbocycles. The lowest BCUT2D eigenvalue weighted by Crippen LogP contribution is -2.30. The Morgan fingerprint density at radius 2 is 2.17 bits per heavy atom. The molecule has 6 heteroatoms. The van der Waals surface area contributed by atoms with E-state index in [1.54, 1.807) is 0 Å². The lowest BCUT2D eigenvalue weighted by atomic mass is 10.1. The van der Waals surface area contributed by atoms with Crippen LogP contribution in [-0.4, -0.2) is 38.4 Å². The van der Waals surface area contributed by atoms with Crippen LogP contribution in [0.2, 0.25) is 0 Å². The Balaban J connectivity index is 1.54. The van der Waals surface area contributed by atoms with Gasteiger partial charge in [0.05, 0.1) is 11.9 Å². The SMILES string of the molecule is Cc1[nH]c2ccccc2c1CCNS(=O)(=O)CC[C@H]1CCCO1. The van der Waals surface area contributed by atoms with Crippen molar-refractivity contribution >= 4 is 20.9 Å². The zero-order valence-electron chi connectivity index (χ0n) is 13.5. The maximum absolute atomic E-state index is 12.1. The first-order valence-corrected chi connectivity index (χ1v) is 9.85. The third-order valence-corrected chi connectivity index (χ3v) is 5.87. The van der Waals surface area contributed by atoms with E-state index < -0.39 is 10.0 Å². The van der Waals surface area contributed by atoms with E-state index in [2.05, 4.69) is 15.8 Å². The molecule has 0 spiro atoms. The van der Waals surface area contributed by atoms with E-state index >= 15 is 0 Å². The molecular formula is C17H24N2O3S. The van der Waals surface area contributed by atoms with Gasteiger partial charge >= 0.3 is 0 Å². The summed E-state index contributed by atoms with van der Waals surface area (Å²) in [6.45, 7) is 3.22. The van der Waals surface area contributed by atoms with Gasteiger partial charge in [-0.2, -0.15) is 0 Å². The second-order valence-corrected chi connectivity index (χ2v) is 8.09. The van der Waals surface area contributed by atoms with Gasteiger partial charge in [-0.1, -0.05) is 18.2 Å². The zero-order valence-corrected chi connectivity index (χ0v) is 14.3. The summed E-state index contributed by atoms with van der Waals surface area (Å²) >= 11 is 0. The van der Waals surface area contributed by atoms with Gasteiger partial charge in [-0.15, -0.1) is 0 Å². The van der Waals surface area contributed by atoms with E-state index in [1.807, 2.05) is 25.1 Å². The molecule has 1 aliphatic heterocycles. The van der Waals surface area contributed by atoms with Gasteiger partial charge in [0.25, 0.3) is 0 Å². The van der Waals surface area contributed by atoms with Gasteiger partial charge in [0, 0.05) is 29.7 Å². The Morgan fingerprint density at radius 1 is 1.35 bits per heavy atom. The number of rotatable bonds is 7. The monoisotopic (exact) mass is 336 g/mol. The zero-order chi connectivity index (χ0) is 16.3. The summed E-state index contributed by atoms with van der Waals surface area (Å²) < 4.78 is 32.4. The van der Waals surface area contributed by atoms with Crippen molar-refractivity contribution in [2.45, 2.75) is 38.7 Å². The van der Waals surface area contributed by atoms with Crippen LogP contribution >= 0.6 is 0 Å². The molecular weight excluding hydrogens is 312 g/mol. The molecule has 1 fully saturated rings. The van der Waals surface area contributed by atoms with Crippen LogP contribution in [0.5, 0.6) is 0 Å². The summed E-state index contributed by atoms with van der Waals surface area (Å²) in [6.07, 6.45) is 3.40. The molecule has 0 aliphatic carbocycles. The number of sulfonamides is 1. The normalized spacial score (nSPS) is 18.7. The van der Waals surface area contributed by atoms with Crippen LogP contribution in [0.4, 0.5) is 0 Å². The first kappa shape index (κ1) is 16.5. The predicted molar refractivity (Wildman–Crippen MR) is 92.1 cm³/mol. The van der Waals surface area contributed by atoms with Crippen LogP contribution in [0, 0.1) is 6.92 Å². The van der Waals surface area contributed by atoms with Crippen molar-refractivity contribution in [3.8, 4) is 0 Å². The van der Waals surface area contributed by atoms with Gasteiger partial charge < -0.3 is 9.72 Å². The maximum atomic E-state index is 12.1. The number of hydrogen-bond acceptors (Lipinski definition) is 3. The topological polar surface area (TPSA) is 71.2 Å². The minimum atomic E-state index is -3.23. The van der Waals surface area contributed by atoms with Crippen molar-refractivity contribution in [1.29, 1.82) is 0 Å². The number of aryl methyl sites for hydroxylation is 1. The minimum absolute atomic E-state index is 0.113. The molecule has 1 atom stereocenters. The number of H-pyrrole nitrogens is 1. The highest BCUT2D eigenvalue weighted by molar-refractivity contribution is 7.89. The highest BCUT2D eigenvalue weighted by Crippen LogP contribution is 2.22. The van der Waals surface area contributed by atoms with E-state index in [4.69, 9.17) is 4.74 Å². The molecule has 0 bridgehead atoms. The third-order valence-electron chi connectivity index (χ3n) is 4.46. The molecule has 126 valence electrons. The molecule has 1 aromatic heterocycles. The van der Waals surface area contributed by atoms with Crippen molar-refractivity contribution in [3.05, 3.63) is 35.5 Å². The highest BCUT2D eigenvalue weighted by Gasteiger charge is 2.19. The Kier molecular flexibility index (Phi) is 5.04. The van der Waals surface area contributed by atoms with Crippen molar-refractivity contribution in [2.75, 3.05) is 18.9 Å². The molecule has 1 aromatic carbocycles. The van der Waals surface area contributed by atoms with Gasteiger partial charge in [0.15, 0.2) is 0 Å². The van der Waals surface area contributed by atoms with E-state index in [9.17, 15) is 8.42 Å². The van der Waals surface area contributed by atoms with Crippen LogP contribution in [-0.2, 0) is 21.2 Å². The Labute approximate surface area is 137 Å². The van der Waals surface area contributed by atoms with Gasteiger partial charge in [0.1, 0.15) is 0 Å². The highest BCUT2D eigenvalue weighted by atomic mass is 32.2. The van der Waals surface area contributed by atoms with Gasteiger partial charge in [-0.05, 0) is 44.2 Å². The number of aromatic amines is 1. The quantitative estimate of drug-likeness (QED) is 0.816. The number of benzene rings is 1. The number of nitrogens with one attached hydrogen (secondary N) is 2. The lowest BCUT2D eigenvalue weighted by molar-refractivity contribution is 0.109. The fraction of sp³-hybridized carbons (Fsp3) is 0.529. The van der Waals surface area contributed by atoms with E-state index in [1.165, 1.54) is 10.9 Å². The fourth-order valence-corrected chi connectivity index (χ4v) is 4.35. The fourth-order valence-electron chi connectivity index (χ4n) is 3.22. The van der Waals surface area contributed by atoms with Crippen LogP contribution in [0.1, 0.15) is 30.5 Å². The van der Waals surface area contributed by atoms with Crippen molar-refractivity contribution < 1.29 is 13.2 Å². The molecule has 0 radical (unpaired) electrons. The number of hydrogen-bond donors (Lipinski definition) is 2. The van der Waals surface area contributed by atoms with E-state index in [0.29, 0.717) is 19.4 Å². The largest absolute Gasteiger partial charge is 0.378 e. The molecule has 2 N–H and O–H groups in total. The average molecular weight is 336 g/mol. The Hall–Kier alpha value is -1.37. The first-order chi connectivity index (χ1) is 11.1. The summed E-state index contributed by atoms with van der Waals surface area (Å²) in [5.41, 5.74) is 3.38. The lowest BCUT2D eigenvalue weighted by Gasteiger charge is -2.10. The van der Waals surface area contributed by atoms with Crippen molar-refractivity contribution in [2.24, 2.45) is 0 Å². The van der Waals surface area contributed by atoms with Gasteiger partial charge in [-0.25, -0.2) is 13.1 Å². The smallest absolute Gasteiger partial charge is 0.211 e. The Bertz CT molecular complexity index is 761. The minimum Gasteiger partial charge on any atom is -0.378 e. The summed E-state index contributed by atoms with van der Waals surface area (Å²) in [7, 11) is -3.23. The third kappa shape index (κ3) is 4.13. The molecule has 5 nitrogen and oxygen atoms in total. The van der Waals surface area contributed by atoms with Crippen molar-refractivity contribution in [3.63, 3.8) is 0 Å². The number of ether oxygens (including phenoxy) is 1. The molecule has 2 heterocycles. The number of aromatic nitrogens is 1. The first-order valence-electron chi connectivity index (χ1n) is 8.20. The van der Waals surface area contributed by atoms with Crippen LogP contribution in [0.25, 0.3) is 10.9 Å². The molecule has 1 saturated heterocycles. The second kappa shape index (κ2) is 7.03. The molecule has 2 aromatic rings. The summed E-state index contributed by atoms with van der Waals surface area (Å²) in [4.78, 5) is 3.34. The second-order valence-electron chi connectivity index (χ2n) is 6.16. The average Bonchev–Trinajstić information content (AvgIpc) is 3.14. The van der Waals surface area contributed by atoms with E-state index in [-0.39, 0.29) is 11.9 Å². The van der Waals surface area contributed by atoms with Gasteiger partial charge in [-0.3, -0.25) is 0 Å². The number of para-hydroxylation sites is 1. The van der Waals surface area contributed by atoms with Crippen molar-refractivity contribution in [1.82, 2.24) is 9.71 Å². The summed E-state index contributed by atoms with van der Waals surface area (Å²) in [6, 6.07) is 8.11. The summed E-state index contributed by atoms with van der Waals surface area (Å²) in [5, 5.41) is 1.17. The van der Waals surface area contributed by atoms with Crippen LogP contribution < -0.4 is 4.72 Å². The predicted octanol–water partition coefficient (Wildman–Crippen LogP) is 2.51. The molecule has 3 rings (SSSR count). The molecule has 23 heavy (non-hydrogen) atoms.